The van der Waals surface area contributed by atoms with Crippen molar-refractivity contribution in [3.05, 3.63) is 24.0 Å². The molecule has 3 N–H and O–H groups in total. The van der Waals surface area contributed by atoms with E-state index in [9.17, 15) is 12.8 Å². The maximum atomic E-state index is 13.3. The highest BCUT2D eigenvalue weighted by atomic mass is 35.5. The molecule has 0 saturated carbocycles. The van der Waals surface area contributed by atoms with Gasteiger partial charge in [-0.2, -0.15) is 0 Å². The predicted molar refractivity (Wildman–Crippen MR) is 82.9 cm³/mol. The molecule has 5 nitrogen and oxygen atoms in total. The Labute approximate surface area is 131 Å². The molecule has 1 unspecified atom stereocenters. The maximum Gasteiger partial charge on any atom is 0.241 e. The first-order valence-corrected chi connectivity index (χ1v) is 7.98. The summed E-state index contributed by atoms with van der Waals surface area (Å²) in [7, 11) is -2.44. The summed E-state index contributed by atoms with van der Waals surface area (Å²) in [5.74, 6) is -0.710. The SMILES string of the molecule is CCCCC(CN)NS(=O)(=O)c1ccc(F)c(OC)c1.Cl. The van der Waals surface area contributed by atoms with Gasteiger partial charge in [0.2, 0.25) is 10.0 Å². The van der Waals surface area contributed by atoms with E-state index in [0.29, 0.717) is 6.42 Å². The van der Waals surface area contributed by atoms with Crippen molar-refractivity contribution in [2.24, 2.45) is 5.73 Å². The van der Waals surface area contributed by atoms with Gasteiger partial charge in [-0.15, -0.1) is 12.4 Å². The lowest BCUT2D eigenvalue weighted by molar-refractivity contribution is 0.385. The molecule has 0 aliphatic heterocycles. The minimum absolute atomic E-state index is 0. The van der Waals surface area contributed by atoms with E-state index >= 15 is 0 Å². The number of methoxy groups -OCH3 is 1. The molecule has 0 radical (unpaired) electrons. The van der Waals surface area contributed by atoms with Crippen molar-refractivity contribution >= 4 is 22.4 Å². The van der Waals surface area contributed by atoms with E-state index in [1.54, 1.807) is 0 Å². The fourth-order valence-electron chi connectivity index (χ4n) is 1.77. The zero-order valence-electron chi connectivity index (χ0n) is 12.1. The first-order valence-electron chi connectivity index (χ1n) is 6.50. The minimum atomic E-state index is -3.73. The summed E-state index contributed by atoms with van der Waals surface area (Å²) in [6.45, 7) is 2.24. The third-order valence-corrected chi connectivity index (χ3v) is 4.46. The lowest BCUT2D eigenvalue weighted by Crippen LogP contribution is -2.40. The number of nitrogens with one attached hydrogen (secondary N) is 1. The summed E-state index contributed by atoms with van der Waals surface area (Å²) in [6.07, 6.45) is 2.52. The van der Waals surface area contributed by atoms with Crippen LogP contribution < -0.4 is 15.2 Å². The average Bonchev–Trinajstić information content (AvgIpc) is 2.43. The second-order valence-electron chi connectivity index (χ2n) is 4.49. The van der Waals surface area contributed by atoms with E-state index in [0.717, 1.165) is 25.0 Å². The van der Waals surface area contributed by atoms with Crippen molar-refractivity contribution in [2.75, 3.05) is 13.7 Å². The molecule has 1 aromatic rings. The Hall–Kier alpha value is -0.890. The Morgan fingerprint density at radius 3 is 2.62 bits per heavy atom. The standard InChI is InChI=1S/C13H21FN2O3S.ClH/c1-3-4-5-10(9-15)16-20(17,18)11-6-7-12(14)13(8-11)19-2;/h6-8,10,16H,3-5,9,15H2,1-2H3;1H. The van der Waals surface area contributed by atoms with E-state index in [2.05, 4.69) is 4.72 Å². The Kier molecular flexibility index (Phi) is 8.80. The quantitative estimate of drug-likeness (QED) is 0.759. The summed E-state index contributed by atoms with van der Waals surface area (Å²) >= 11 is 0. The maximum absolute atomic E-state index is 13.3. The number of hydrogen-bond donors (Lipinski definition) is 2. The van der Waals surface area contributed by atoms with Crippen LogP contribution in [0.2, 0.25) is 0 Å². The molecule has 122 valence electrons. The summed E-state index contributed by atoms with van der Waals surface area (Å²) < 4.78 is 45.0. The third-order valence-electron chi connectivity index (χ3n) is 2.95. The zero-order valence-corrected chi connectivity index (χ0v) is 13.8. The first kappa shape index (κ1) is 20.1. The van der Waals surface area contributed by atoms with Gasteiger partial charge >= 0.3 is 0 Å². The van der Waals surface area contributed by atoms with Crippen LogP contribution >= 0.6 is 12.4 Å². The van der Waals surface area contributed by atoms with Gasteiger partial charge in [0, 0.05) is 18.7 Å². The number of hydrogen-bond acceptors (Lipinski definition) is 4. The highest BCUT2D eigenvalue weighted by Crippen LogP contribution is 2.21. The predicted octanol–water partition coefficient (Wildman–Crippen LogP) is 2.05. The van der Waals surface area contributed by atoms with Gasteiger partial charge < -0.3 is 10.5 Å². The van der Waals surface area contributed by atoms with Gasteiger partial charge in [0.15, 0.2) is 11.6 Å². The van der Waals surface area contributed by atoms with E-state index in [1.165, 1.54) is 13.2 Å². The molecule has 1 atom stereocenters. The topological polar surface area (TPSA) is 81.4 Å². The Balaban J connectivity index is 0.00000400. The molecule has 0 aliphatic carbocycles. The third kappa shape index (κ3) is 5.78. The smallest absolute Gasteiger partial charge is 0.241 e. The molecule has 8 heteroatoms. The van der Waals surface area contributed by atoms with E-state index in [4.69, 9.17) is 10.5 Å². The second-order valence-corrected chi connectivity index (χ2v) is 6.21. The molecule has 0 bridgehead atoms. The summed E-state index contributed by atoms with van der Waals surface area (Å²) in [6, 6.07) is 3.10. The molecule has 1 rings (SSSR count). The molecule has 0 amide bonds. The largest absolute Gasteiger partial charge is 0.494 e. The normalized spacial score (nSPS) is 12.6. The van der Waals surface area contributed by atoms with Crippen LogP contribution in [0.5, 0.6) is 5.75 Å². The second kappa shape index (κ2) is 9.19. The Morgan fingerprint density at radius 2 is 2.10 bits per heavy atom. The molecule has 1 aromatic carbocycles. The monoisotopic (exact) mass is 340 g/mol. The lowest BCUT2D eigenvalue weighted by atomic mass is 10.1. The molecule has 0 fully saturated rings. The van der Waals surface area contributed by atoms with Crippen LogP contribution in [0.4, 0.5) is 4.39 Å². The van der Waals surface area contributed by atoms with Gasteiger partial charge in [-0.1, -0.05) is 19.8 Å². The number of benzene rings is 1. The first-order chi connectivity index (χ1) is 9.44. The van der Waals surface area contributed by atoms with Crippen LogP contribution in [-0.4, -0.2) is 28.1 Å². The van der Waals surface area contributed by atoms with Crippen LogP contribution in [0, 0.1) is 5.82 Å². The molecular weight excluding hydrogens is 319 g/mol. The van der Waals surface area contributed by atoms with Crippen LogP contribution in [-0.2, 0) is 10.0 Å². The average molecular weight is 341 g/mol. The summed E-state index contributed by atoms with van der Waals surface area (Å²) in [4.78, 5) is -0.0364. The van der Waals surface area contributed by atoms with Crippen molar-refractivity contribution in [2.45, 2.75) is 37.1 Å². The molecule has 0 heterocycles. The van der Waals surface area contributed by atoms with Crippen molar-refractivity contribution in [3.63, 3.8) is 0 Å². The number of sulfonamides is 1. The van der Waals surface area contributed by atoms with Crippen molar-refractivity contribution < 1.29 is 17.5 Å². The van der Waals surface area contributed by atoms with Crippen LogP contribution in [0.1, 0.15) is 26.2 Å². The van der Waals surface area contributed by atoms with Gasteiger partial charge in [0.1, 0.15) is 0 Å². The number of rotatable bonds is 8. The molecule has 0 saturated heterocycles. The molecule has 0 aliphatic rings. The van der Waals surface area contributed by atoms with Gasteiger partial charge in [-0.05, 0) is 18.6 Å². The minimum Gasteiger partial charge on any atom is -0.494 e. The fourth-order valence-corrected chi connectivity index (χ4v) is 3.07. The molecule has 0 aromatic heterocycles. The zero-order chi connectivity index (χ0) is 15.2. The fraction of sp³-hybridized carbons (Fsp3) is 0.538. The summed E-state index contributed by atoms with van der Waals surface area (Å²) in [5, 5.41) is 0. The van der Waals surface area contributed by atoms with Gasteiger partial charge in [-0.25, -0.2) is 17.5 Å². The highest BCUT2D eigenvalue weighted by molar-refractivity contribution is 7.89. The van der Waals surface area contributed by atoms with Crippen LogP contribution in [0.3, 0.4) is 0 Å². The van der Waals surface area contributed by atoms with Crippen molar-refractivity contribution in [3.8, 4) is 5.75 Å². The van der Waals surface area contributed by atoms with Crippen LogP contribution in [0.15, 0.2) is 23.1 Å². The van der Waals surface area contributed by atoms with E-state index < -0.39 is 15.8 Å². The number of nitrogens with two attached hydrogens (primary N) is 1. The number of ether oxygens (including phenoxy) is 1. The van der Waals surface area contributed by atoms with E-state index in [1.807, 2.05) is 6.92 Å². The van der Waals surface area contributed by atoms with Gasteiger partial charge in [0.05, 0.1) is 12.0 Å². The van der Waals surface area contributed by atoms with Crippen LogP contribution in [0.25, 0.3) is 0 Å². The Morgan fingerprint density at radius 1 is 1.43 bits per heavy atom. The van der Waals surface area contributed by atoms with Crippen molar-refractivity contribution in [1.82, 2.24) is 4.72 Å². The van der Waals surface area contributed by atoms with Gasteiger partial charge in [-0.3, -0.25) is 0 Å². The van der Waals surface area contributed by atoms with Crippen molar-refractivity contribution in [1.29, 1.82) is 0 Å². The molecule has 0 spiro atoms. The highest BCUT2D eigenvalue weighted by Gasteiger charge is 2.20. The van der Waals surface area contributed by atoms with Gasteiger partial charge in [0.25, 0.3) is 0 Å². The molecular formula is C13H22ClFN2O3S. The number of halogens is 2. The Bertz CT molecular complexity index is 540. The van der Waals surface area contributed by atoms with E-state index in [-0.39, 0.29) is 35.6 Å². The lowest BCUT2D eigenvalue weighted by Gasteiger charge is -2.17. The summed E-state index contributed by atoms with van der Waals surface area (Å²) in [5.41, 5.74) is 5.57. The number of unbranched alkanes of at least 4 members (excludes halogenated alkanes) is 1. The molecule has 21 heavy (non-hydrogen) atoms.